The minimum Gasteiger partial charge on any atom is -0.368 e. The molecule has 3 nitrogen and oxygen atoms in total. The molecule has 1 aliphatic heterocycles. The molecule has 0 atom stereocenters. The van der Waals surface area contributed by atoms with Gasteiger partial charge >= 0.3 is 0 Å². The normalized spacial score (nSPS) is 19.9. The maximum Gasteiger partial charge on any atom is 0.150 e. The summed E-state index contributed by atoms with van der Waals surface area (Å²) < 4.78 is 0. The van der Waals surface area contributed by atoms with Gasteiger partial charge in [-0.1, -0.05) is 0 Å². The number of aryl methyl sites for hydroxylation is 1. The van der Waals surface area contributed by atoms with Gasteiger partial charge in [-0.25, -0.2) is 0 Å². The number of rotatable bonds is 2. The van der Waals surface area contributed by atoms with E-state index in [0.717, 1.165) is 31.5 Å². The van der Waals surface area contributed by atoms with Gasteiger partial charge in [-0.05, 0) is 51.6 Å². The lowest BCUT2D eigenvalue weighted by molar-refractivity contribution is 0.112. The van der Waals surface area contributed by atoms with Gasteiger partial charge in [-0.3, -0.25) is 9.69 Å². The van der Waals surface area contributed by atoms with Crippen LogP contribution in [0.25, 0.3) is 0 Å². The second kappa shape index (κ2) is 4.73. The number of carbonyl (C=O) groups is 1. The summed E-state index contributed by atoms with van der Waals surface area (Å²) in [5, 5.41) is 0. The van der Waals surface area contributed by atoms with Crippen molar-refractivity contribution in [2.45, 2.75) is 26.3 Å². The highest BCUT2D eigenvalue weighted by Gasteiger charge is 2.31. The predicted octanol–water partition coefficient (Wildman–Crippen LogP) is 2.34. The van der Waals surface area contributed by atoms with E-state index in [4.69, 9.17) is 0 Å². The molecule has 1 aromatic rings. The van der Waals surface area contributed by atoms with Crippen LogP contribution in [-0.4, -0.2) is 43.4 Å². The van der Waals surface area contributed by atoms with Gasteiger partial charge in [0.2, 0.25) is 0 Å². The van der Waals surface area contributed by atoms with Gasteiger partial charge in [-0.15, -0.1) is 0 Å². The summed E-state index contributed by atoms with van der Waals surface area (Å²) in [6, 6.07) is 5.94. The van der Waals surface area contributed by atoms with Crippen LogP contribution in [0.15, 0.2) is 18.2 Å². The molecular formula is C15H22N2O. The summed E-state index contributed by atoms with van der Waals surface area (Å²) in [6.07, 6.45) is 0.907. The van der Waals surface area contributed by atoms with Crippen molar-refractivity contribution in [2.75, 3.05) is 31.6 Å². The summed E-state index contributed by atoms with van der Waals surface area (Å²) in [5.41, 5.74) is 3.37. The molecule has 0 N–H and O–H groups in total. The number of hydrogen-bond acceptors (Lipinski definition) is 3. The summed E-state index contributed by atoms with van der Waals surface area (Å²) in [7, 11) is 2.18. The fourth-order valence-corrected chi connectivity index (χ4v) is 2.55. The maximum absolute atomic E-state index is 10.8. The zero-order chi connectivity index (χ0) is 13.3. The smallest absolute Gasteiger partial charge is 0.150 e. The molecule has 0 radical (unpaired) electrons. The topological polar surface area (TPSA) is 23.6 Å². The van der Waals surface area contributed by atoms with E-state index in [1.807, 2.05) is 12.1 Å². The van der Waals surface area contributed by atoms with Crippen LogP contribution >= 0.6 is 0 Å². The zero-order valence-corrected chi connectivity index (χ0v) is 11.7. The molecule has 2 rings (SSSR count). The molecular weight excluding hydrogens is 224 g/mol. The third-order valence-electron chi connectivity index (χ3n) is 4.01. The number of piperazine rings is 1. The van der Waals surface area contributed by atoms with Gasteiger partial charge in [0, 0.05) is 36.4 Å². The van der Waals surface area contributed by atoms with Crippen LogP contribution in [0.2, 0.25) is 0 Å². The minimum atomic E-state index is 0.189. The van der Waals surface area contributed by atoms with Crippen molar-refractivity contribution in [1.29, 1.82) is 0 Å². The first-order valence-corrected chi connectivity index (χ1v) is 6.46. The summed E-state index contributed by atoms with van der Waals surface area (Å²) in [5.74, 6) is 0. The Kier molecular flexibility index (Phi) is 3.44. The Balaban J connectivity index is 2.25. The van der Waals surface area contributed by atoms with Gasteiger partial charge < -0.3 is 4.90 Å². The highest BCUT2D eigenvalue weighted by Crippen LogP contribution is 2.27. The van der Waals surface area contributed by atoms with E-state index >= 15 is 0 Å². The molecule has 1 saturated heterocycles. The summed E-state index contributed by atoms with van der Waals surface area (Å²) in [4.78, 5) is 15.6. The Labute approximate surface area is 109 Å². The first-order valence-electron chi connectivity index (χ1n) is 6.46. The SMILES string of the molecule is Cc1cc(C=O)ccc1N1CCN(C)C(C)(C)C1. The molecule has 1 aliphatic rings. The van der Waals surface area contributed by atoms with Gasteiger partial charge in [0.15, 0.2) is 0 Å². The molecule has 18 heavy (non-hydrogen) atoms. The van der Waals surface area contributed by atoms with Crippen molar-refractivity contribution >= 4 is 12.0 Å². The van der Waals surface area contributed by atoms with Crippen molar-refractivity contribution in [3.8, 4) is 0 Å². The Morgan fingerprint density at radius 3 is 2.56 bits per heavy atom. The first kappa shape index (κ1) is 13.1. The second-order valence-corrected chi connectivity index (χ2v) is 5.82. The molecule has 98 valence electrons. The first-order chi connectivity index (χ1) is 8.44. The van der Waals surface area contributed by atoms with Crippen molar-refractivity contribution < 1.29 is 4.79 Å². The molecule has 0 spiro atoms. The monoisotopic (exact) mass is 246 g/mol. The lowest BCUT2D eigenvalue weighted by Gasteiger charge is -2.46. The zero-order valence-electron chi connectivity index (χ0n) is 11.7. The van der Waals surface area contributed by atoms with E-state index in [1.165, 1.54) is 11.3 Å². The van der Waals surface area contributed by atoms with Crippen molar-refractivity contribution in [3.63, 3.8) is 0 Å². The van der Waals surface area contributed by atoms with Gasteiger partial charge in [0.1, 0.15) is 6.29 Å². The molecule has 0 amide bonds. The number of nitrogens with zero attached hydrogens (tertiary/aromatic N) is 2. The van der Waals surface area contributed by atoms with Crippen LogP contribution in [0.1, 0.15) is 29.8 Å². The molecule has 0 saturated carbocycles. The Morgan fingerprint density at radius 1 is 1.28 bits per heavy atom. The van der Waals surface area contributed by atoms with Gasteiger partial charge in [-0.2, -0.15) is 0 Å². The van der Waals surface area contributed by atoms with E-state index < -0.39 is 0 Å². The van der Waals surface area contributed by atoms with Crippen LogP contribution in [0.3, 0.4) is 0 Å². The summed E-state index contributed by atoms with van der Waals surface area (Å²) in [6.45, 7) is 9.75. The van der Waals surface area contributed by atoms with Crippen LogP contribution in [0.4, 0.5) is 5.69 Å². The van der Waals surface area contributed by atoms with E-state index in [0.29, 0.717) is 0 Å². The Hall–Kier alpha value is -1.35. The van der Waals surface area contributed by atoms with E-state index in [1.54, 1.807) is 0 Å². The van der Waals surface area contributed by atoms with Crippen molar-refractivity contribution in [2.24, 2.45) is 0 Å². The maximum atomic E-state index is 10.8. The van der Waals surface area contributed by atoms with E-state index in [9.17, 15) is 4.79 Å². The average molecular weight is 246 g/mol. The highest BCUT2D eigenvalue weighted by molar-refractivity contribution is 5.77. The lowest BCUT2D eigenvalue weighted by atomic mass is 9.98. The number of aldehydes is 1. The Bertz CT molecular complexity index is 454. The third-order valence-corrected chi connectivity index (χ3v) is 4.01. The number of benzene rings is 1. The predicted molar refractivity (Wildman–Crippen MR) is 75.5 cm³/mol. The lowest BCUT2D eigenvalue weighted by Crippen LogP contribution is -2.57. The fourth-order valence-electron chi connectivity index (χ4n) is 2.55. The standard InChI is InChI=1S/C15H22N2O/c1-12-9-13(10-18)5-6-14(12)17-8-7-16(4)15(2,3)11-17/h5-6,9-10H,7-8,11H2,1-4H3. The second-order valence-electron chi connectivity index (χ2n) is 5.82. The van der Waals surface area contributed by atoms with Gasteiger partial charge in [0.25, 0.3) is 0 Å². The molecule has 1 aromatic carbocycles. The Morgan fingerprint density at radius 2 is 2.00 bits per heavy atom. The fraction of sp³-hybridized carbons (Fsp3) is 0.533. The van der Waals surface area contributed by atoms with Gasteiger partial charge in [0.05, 0.1) is 0 Å². The third kappa shape index (κ3) is 2.41. The van der Waals surface area contributed by atoms with Crippen molar-refractivity contribution in [3.05, 3.63) is 29.3 Å². The molecule has 1 fully saturated rings. The van der Waals surface area contributed by atoms with Crippen LogP contribution in [0, 0.1) is 6.92 Å². The largest absolute Gasteiger partial charge is 0.368 e. The van der Waals surface area contributed by atoms with Crippen LogP contribution in [0.5, 0.6) is 0 Å². The molecule has 0 unspecified atom stereocenters. The number of likely N-dealkylation sites (N-methyl/N-ethyl adjacent to an activating group) is 1. The highest BCUT2D eigenvalue weighted by atomic mass is 16.1. The van der Waals surface area contributed by atoms with Crippen LogP contribution in [-0.2, 0) is 0 Å². The summed E-state index contributed by atoms with van der Waals surface area (Å²) >= 11 is 0. The molecule has 0 bridgehead atoms. The molecule has 3 heteroatoms. The van der Waals surface area contributed by atoms with Crippen LogP contribution < -0.4 is 4.90 Å². The molecule has 0 aliphatic carbocycles. The minimum absolute atomic E-state index is 0.189. The van der Waals surface area contributed by atoms with E-state index in [2.05, 4.69) is 43.7 Å². The number of carbonyl (C=O) groups excluding carboxylic acids is 1. The number of hydrogen-bond donors (Lipinski definition) is 0. The van der Waals surface area contributed by atoms with E-state index in [-0.39, 0.29) is 5.54 Å². The van der Waals surface area contributed by atoms with Crippen molar-refractivity contribution in [1.82, 2.24) is 4.90 Å². The molecule has 0 aromatic heterocycles. The number of anilines is 1. The molecule has 1 heterocycles. The quantitative estimate of drug-likeness (QED) is 0.748. The average Bonchev–Trinajstić information content (AvgIpc) is 2.32.